The molecule has 2 amide bonds. The summed E-state index contributed by atoms with van der Waals surface area (Å²) in [6, 6.07) is 20.7. The van der Waals surface area contributed by atoms with Gasteiger partial charge in [0.1, 0.15) is 0 Å². The number of hydrogen-bond acceptors (Lipinski definition) is 6. The minimum atomic E-state index is -0.576. The summed E-state index contributed by atoms with van der Waals surface area (Å²) in [4.78, 5) is 11.7. The minimum Gasteiger partial charge on any atom is -0.618 e. The number of carbonyl (C=O) groups is 1. The summed E-state index contributed by atoms with van der Waals surface area (Å²) in [7, 11) is 0. The lowest BCUT2D eigenvalue weighted by Crippen LogP contribution is -2.34. The first-order valence-corrected chi connectivity index (χ1v) is 13.0. The summed E-state index contributed by atoms with van der Waals surface area (Å²) in [5.41, 5.74) is 3.70. The van der Waals surface area contributed by atoms with Gasteiger partial charge in [0, 0.05) is 43.0 Å². The van der Waals surface area contributed by atoms with Crippen LogP contribution < -0.4 is 15.4 Å². The van der Waals surface area contributed by atoms with E-state index in [2.05, 4.69) is 10.6 Å². The van der Waals surface area contributed by atoms with Gasteiger partial charge in [0.25, 0.3) is 5.03 Å². The van der Waals surface area contributed by atoms with Gasteiger partial charge in [0.15, 0.2) is 12.5 Å². The van der Waals surface area contributed by atoms with Crippen LogP contribution in [0.4, 0.5) is 4.79 Å². The molecule has 9 heteroatoms. The number of nitrogens with one attached hydrogen (secondary N) is 2. The van der Waals surface area contributed by atoms with Crippen molar-refractivity contribution in [1.82, 2.24) is 10.6 Å². The van der Waals surface area contributed by atoms with Gasteiger partial charge in [-0.05, 0) is 29.7 Å². The normalized spacial score (nSPS) is 19.6. The maximum absolute atomic E-state index is 12.1. The number of nitrogens with zero attached hydrogens (tertiary/aromatic N) is 1. The Morgan fingerprint density at radius 2 is 1.75 bits per heavy atom. The van der Waals surface area contributed by atoms with Crippen molar-refractivity contribution in [3.05, 3.63) is 100 Å². The lowest BCUT2D eigenvalue weighted by molar-refractivity contribution is -0.645. The van der Waals surface area contributed by atoms with Crippen LogP contribution >= 0.6 is 11.8 Å². The zero-order valence-corrected chi connectivity index (χ0v) is 20.9. The number of pyridine rings is 1. The molecule has 3 N–H and O–H groups in total. The smallest absolute Gasteiger partial charge is 0.315 e. The van der Waals surface area contributed by atoms with E-state index in [1.807, 2.05) is 61.5 Å². The Morgan fingerprint density at radius 1 is 1.03 bits per heavy atom. The fraction of sp³-hybridized carbons (Fsp3) is 0.333. The molecule has 3 aromatic rings. The van der Waals surface area contributed by atoms with Crippen LogP contribution in [0.25, 0.3) is 0 Å². The van der Waals surface area contributed by atoms with E-state index >= 15 is 0 Å². The number of benzene rings is 2. The molecular formula is C27H31N3O5S. The fourth-order valence-electron chi connectivity index (χ4n) is 3.92. The number of urea groups is 1. The molecule has 0 spiro atoms. The highest BCUT2D eigenvalue weighted by atomic mass is 32.2. The van der Waals surface area contributed by atoms with Crippen molar-refractivity contribution in [1.29, 1.82) is 0 Å². The Balaban J connectivity index is 1.47. The predicted molar refractivity (Wildman–Crippen MR) is 137 cm³/mol. The third-order valence-electron chi connectivity index (χ3n) is 5.86. The van der Waals surface area contributed by atoms with E-state index in [0.717, 1.165) is 27.0 Å². The van der Waals surface area contributed by atoms with Crippen LogP contribution in [0.3, 0.4) is 0 Å². The van der Waals surface area contributed by atoms with Crippen molar-refractivity contribution in [3.8, 4) is 0 Å². The second-order valence-corrected chi connectivity index (χ2v) is 9.52. The molecule has 4 rings (SSSR count). The van der Waals surface area contributed by atoms with Crippen molar-refractivity contribution in [3.63, 3.8) is 0 Å². The van der Waals surface area contributed by atoms with E-state index in [4.69, 9.17) is 9.47 Å². The Bertz CT molecular complexity index is 1130. The molecule has 0 radical (unpaired) electrons. The second-order valence-electron chi connectivity index (χ2n) is 8.48. The summed E-state index contributed by atoms with van der Waals surface area (Å²) in [5.74, 6) is 0.603. The average Bonchev–Trinajstić information content (AvgIpc) is 2.92. The first-order chi connectivity index (χ1) is 17.6. The van der Waals surface area contributed by atoms with Gasteiger partial charge in [-0.15, -0.1) is 0 Å². The Labute approximate surface area is 215 Å². The number of thioether (sulfide) groups is 1. The van der Waals surface area contributed by atoms with Gasteiger partial charge < -0.3 is 30.4 Å². The van der Waals surface area contributed by atoms with Crippen LogP contribution in [0.1, 0.15) is 48.0 Å². The van der Waals surface area contributed by atoms with Crippen LogP contribution in [0.2, 0.25) is 0 Å². The molecule has 3 unspecified atom stereocenters. The largest absolute Gasteiger partial charge is 0.618 e. The van der Waals surface area contributed by atoms with E-state index < -0.39 is 6.29 Å². The van der Waals surface area contributed by atoms with Crippen molar-refractivity contribution in [2.75, 3.05) is 12.3 Å². The summed E-state index contributed by atoms with van der Waals surface area (Å²) >= 11 is 1.46. The van der Waals surface area contributed by atoms with Gasteiger partial charge in [-0.1, -0.05) is 60.3 Å². The second kappa shape index (κ2) is 12.7. The van der Waals surface area contributed by atoms with Gasteiger partial charge in [-0.2, -0.15) is 4.73 Å². The molecular weight excluding hydrogens is 478 g/mol. The third-order valence-corrected chi connectivity index (χ3v) is 7.01. The van der Waals surface area contributed by atoms with E-state index in [-0.39, 0.29) is 24.8 Å². The lowest BCUT2D eigenvalue weighted by atomic mass is 10.0. The average molecular weight is 510 g/mol. The molecule has 1 aliphatic heterocycles. The number of carbonyl (C=O) groups excluding carboxylic acids is 1. The zero-order valence-electron chi connectivity index (χ0n) is 20.1. The highest BCUT2D eigenvalue weighted by molar-refractivity contribution is 7.99. The summed E-state index contributed by atoms with van der Waals surface area (Å²) in [6.45, 7) is 2.86. The quantitative estimate of drug-likeness (QED) is 0.229. The van der Waals surface area contributed by atoms with E-state index in [1.165, 1.54) is 18.0 Å². The standard InChI is InChI=1S/C27H31N3O5S/c1-2-28-27(32)29-16-19-6-12-22(13-7-19)26-34-23(18-36-25-5-3-4-14-30(25)33)15-24(35-26)21-10-8-20(17-31)9-11-21/h3-14,23-24,26,31H,2,15-18H2,1H3,(H2,28,29,32). The number of rotatable bonds is 9. The fourth-order valence-corrected chi connectivity index (χ4v) is 4.86. The number of ether oxygens (including phenoxy) is 2. The van der Waals surface area contributed by atoms with Crippen LogP contribution in [-0.2, 0) is 22.6 Å². The van der Waals surface area contributed by atoms with Gasteiger partial charge in [0.05, 0.1) is 18.8 Å². The van der Waals surface area contributed by atoms with Gasteiger partial charge in [0.2, 0.25) is 0 Å². The van der Waals surface area contributed by atoms with Crippen molar-refractivity contribution < 1.29 is 24.1 Å². The molecule has 1 fully saturated rings. The predicted octanol–water partition coefficient (Wildman–Crippen LogP) is 3.97. The molecule has 3 atom stereocenters. The molecule has 0 saturated carbocycles. The van der Waals surface area contributed by atoms with E-state index in [0.29, 0.717) is 30.3 Å². The van der Waals surface area contributed by atoms with Crippen LogP contribution in [0.15, 0.2) is 78.0 Å². The third kappa shape index (κ3) is 6.98. The van der Waals surface area contributed by atoms with E-state index in [9.17, 15) is 15.1 Å². The molecule has 1 aromatic heterocycles. The van der Waals surface area contributed by atoms with Crippen molar-refractivity contribution in [2.24, 2.45) is 0 Å². The number of aliphatic hydroxyl groups is 1. The van der Waals surface area contributed by atoms with Gasteiger partial charge >= 0.3 is 6.03 Å². The number of amides is 2. The van der Waals surface area contributed by atoms with Crippen molar-refractivity contribution in [2.45, 2.75) is 50.0 Å². The van der Waals surface area contributed by atoms with Crippen LogP contribution in [-0.4, -0.2) is 29.5 Å². The molecule has 0 aliphatic carbocycles. The highest BCUT2D eigenvalue weighted by Gasteiger charge is 2.32. The molecule has 1 aliphatic rings. The van der Waals surface area contributed by atoms with Gasteiger partial charge in [-0.3, -0.25) is 0 Å². The van der Waals surface area contributed by atoms with E-state index in [1.54, 1.807) is 12.1 Å². The summed E-state index contributed by atoms with van der Waals surface area (Å²) < 4.78 is 13.6. The first-order valence-electron chi connectivity index (χ1n) is 12.0. The molecule has 2 aromatic carbocycles. The molecule has 8 nitrogen and oxygen atoms in total. The Hall–Kier alpha value is -3.11. The summed E-state index contributed by atoms with van der Waals surface area (Å²) in [6.07, 6.45) is 1.21. The molecule has 1 saturated heterocycles. The van der Waals surface area contributed by atoms with Gasteiger partial charge in [-0.25, -0.2) is 4.79 Å². The molecule has 0 bridgehead atoms. The highest BCUT2D eigenvalue weighted by Crippen LogP contribution is 2.39. The first kappa shape index (κ1) is 26.0. The maximum atomic E-state index is 12.1. The van der Waals surface area contributed by atoms with Crippen LogP contribution in [0, 0.1) is 5.21 Å². The maximum Gasteiger partial charge on any atom is 0.315 e. The topological polar surface area (TPSA) is 107 Å². The number of hydrogen-bond donors (Lipinski definition) is 3. The lowest BCUT2D eigenvalue weighted by Gasteiger charge is -2.36. The zero-order chi connectivity index (χ0) is 25.3. The Morgan fingerprint density at radius 3 is 2.44 bits per heavy atom. The monoisotopic (exact) mass is 509 g/mol. The minimum absolute atomic E-state index is 0.00954. The SMILES string of the molecule is CCNC(=O)NCc1ccc(C2OC(CSc3cccc[n+]3[O-])CC(c3ccc(CO)cc3)O2)cc1. The van der Waals surface area contributed by atoms with Crippen molar-refractivity contribution >= 4 is 17.8 Å². The number of aliphatic hydroxyl groups excluding tert-OH is 1. The summed E-state index contributed by atoms with van der Waals surface area (Å²) in [5, 5.41) is 27.6. The molecule has 2 heterocycles. The molecule has 190 valence electrons. The van der Waals surface area contributed by atoms with Crippen LogP contribution in [0.5, 0.6) is 0 Å². The molecule has 36 heavy (non-hydrogen) atoms. The Kier molecular flexibility index (Phi) is 9.18. The number of aromatic nitrogens is 1.